The van der Waals surface area contributed by atoms with Crippen molar-refractivity contribution in [2.45, 2.75) is 26.7 Å². The summed E-state index contributed by atoms with van der Waals surface area (Å²) in [6.45, 7) is 8.83. The molecule has 3 aromatic carbocycles. The molecule has 0 N–H and O–H groups in total. The number of esters is 1. The van der Waals surface area contributed by atoms with Crippen LogP contribution < -0.4 is 4.90 Å². The van der Waals surface area contributed by atoms with E-state index in [9.17, 15) is 9.59 Å². The number of rotatable bonds is 4. The summed E-state index contributed by atoms with van der Waals surface area (Å²) in [5.74, 6) is -0.263. The average Bonchev–Trinajstić information content (AvgIpc) is 3.24. The van der Waals surface area contributed by atoms with E-state index in [4.69, 9.17) is 9.47 Å². The summed E-state index contributed by atoms with van der Waals surface area (Å²) in [4.78, 5) is 29.6. The lowest BCUT2D eigenvalue weighted by molar-refractivity contribution is 0.0599. The first-order valence-electron chi connectivity index (χ1n) is 12.6. The summed E-state index contributed by atoms with van der Waals surface area (Å²) >= 11 is 2.31. The Morgan fingerprint density at radius 2 is 1.43 bits per heavy atom. The van der Waals surface area contributed by atoms with Crippen molar-refractivity contribution < 1.29 is 19.1 Å². The zero-order valence-electron chi connectivity index (χ0n) is 21.6. The van der Waals surface area contributed by atoms with Gasteiger partial charge in [0.1, 0.15) is 6.61 Å². The van der Waals surface area contributed by atoms with Gasteiger partial charge >= 0.3 is 12.1 Å². The van der Waals surface area contributed by atoms with E-state index < -0.39 is 0 Å². The van der Waals surface area contributed by atoms with Gasteiger partial charge in [0.05, 0.1) is 12.7 Å². The Balaban J connectivity index is 1.27. The highest BCUT2D eigenvalue weighted by molar-refractivity contribution is 14.1. The first kappa shape index (κ1) is 25.6. The number of piperazine rings is 1. The van der Waals surface area contributed by atoms with Crippen molar-refractivity contribution in [1.82, 2.24) is 4.90 Å². The maximum Gasteiger partial charge on any atom is 0.409 e. The van der Waals surface area contributed by atoms with Crippen LogP contribution in [0, 0.1) is 24.3 Å². The van der Waals surface area contributed by atoms with Gasteiger partial charge in [0.15, 0.2) is 0 Å². The number of carbonyl (C=O) groups is 2. The molecule has 0 unspecified atom stereocenters. The zero-order valence-corrected chi connectivity index (χ0v) is 23.8. The number of benzene rings is 3. The van der Waals surface area contributed by atoms with Gasteiger partial charge in [0.2, 0.25) is 0 Å². The maximum absolute atomic E-state index is 13.1. The van der Waals surface area contributed by atoms with Crippen molar-refractivity contribution in [3.05, 3.63) is 85.5 Å². The summed E-state index contributed by atoms with van der Waals surface area (Å²) in [5.41, 5.74) is 9.58. The SMILES string of the molecule is COC(=O)c1c(C)c(I)c(C)c(N2CCN(C(=O)OCC3c4ccccc4-c4ccccc43)CC2)c1C. The van der Waals surface area contributed by atoms with Crippen molar-refractivity contribution in [3.8, 4) is 11.1 Å². The summed E-state index contributed by atoms with van der Waals surface area (Å²) in [7, 11) is 1.42. The third-order valence-corrected chi connectivity index (χ3v) is 9.32. The molecule has 1 amide bonds. The fourth-order valence-corrected chi connectivity index (χ4v) is 6.38. The Labute approximate surface area is 231 Å². The Morgan fingerprint density at radius 3 is 2.00 bits per heavy atom. The van der Waals surface area contributed by atoms with Gasteiger partial charge in [0, 0.05) is 41.4 Å². The van der Waals surface area contributed by atoms with Crippen LogP contribution in [0.3, 0.4) is 0 Å². The van der Waals surface area contributed by atoms with Crippen LogP contribution in [0.4, 0.5) is 10.5 Å². The van der Waals surface area contributed by atoms with Gasteiger partial charge in [-0.1, -0.05) is 48.5 Å². The molecule has 1 aliphatic carbocycles. The second kappa shape index (κ2) is 10.4. The van der Waals surface area contributed by atoms with Gasteiger partial charge in [0.25, 0.3) is 0 Å². The molecule has 1 heterocycles. The van der Waals surface area contributed by atoms with E-state index in [0.29, 0.717) is 38.3 Å². The van der Waals surface area contributed by atoms with Gasteiger partial charge < -0.3 is 19.3 Å². The van der Waals surface area contributed by atoms with Crippen molar-refractivity contribution in [2.24, 2.45) is 0 Å². The topological polar surface area (TPSA) is 59.1 Å². The largest absolute Gasteiger partial charge is 0.465 e. The van der Waals surface area contributed by atoms with Crippen LogP contribution in [0.1, 0.15) is 44.1 Å². The Kier molecular flexibility index (Phi) is 7.16. The predicted octanol–water partition coefficient (Wildman–Crippen LogP) is 6.07. The highest BCUT2D eigenvalue weighted by atomic mass is 127. The van der Waals surface area contributed by atoms with Crippen molar-refractivity contribution in [2.75, 3.05) is 44.8 Å². The van der Waals surface area contributed by atoms with E-state index >= 15 is 0 Å². The van der Waals surface area contributed by atoms with Gasteiger partial charge in [-0.15, -0.1) is 0 Å². The first-order chi connectivity index (χ1) is 17.8. The summed E-state index contributed by atoms with van der Waals surface area (Å²) in [5, 5.41) is 0. The monoisotopic (exact) mass is 610 g/mol. The molecule has 5 rings (SSSR count). The predicted molar refractivity (Wildman–Crippen MR) is 154 cm³/mol. The zero-order chi connectivity index (χ0) is 26.3. The molecule has 0 atom stereocenters. The van der Waals surface area contributed by atoms with Crippen molar-refractivity contribution in [3.63, 3.8) is 0 Å². The van der Waals surface area contributed by atoms with Crippen LogP contribution in [0.25, 0.3) is 11.1 Å². The van der Waals surface area contributed by atoms with Crippen molar-refractivity contribution in [1.29, 1.82) is 0 Å². The van der Waals surface area contributed by atoms with Crippen LogP contribution in [-0.2, 0) is 9.47 Å². The summed E-state index contributed by atoms with van der Waals surface area (Å²) in [6, 6.07) is 16.7. The molecule has 2 aliphatic rings. The molecule has 6 nitrogen and oxygen atoms in total. The van der Waals surface area contributed by atoms with Gasteiger partial charge in [-0.25, -0.2) is 9.59 Å². The number of hydrogen-bond acceptors (Lipinski definition) is 5. The van der Waals surface area contributed by atoms with E-state index in [0.717, 1.165) is 25.9 Å². The molecule has 1 fully saturated rings. The standard InChI is InChI=1S/C30H31IN2O4/c1-18-26(29(34)36-4)19(2)28(20(3)27(18)31)32-13-15-33(16-14-32)30(35)37-17-25-23-11-7-5-9-21(23)22-10-6-8-12-24(22)25/h5-12,25H,13-17H2,1-4H3. The molecule has 37 heavy (non-hydrogen) atoms. The van der Waals surface area contributed by atoms with E-state index in [-0.39, 0.29) is 18.0 Å². The van der Waals surface area contributed by atoms with Gasteiger partial charge in [-0.3, -0.25) is 0 Å². The normalized spacial score (nSPS) is 14.8. The van der Waals surface area contributed by atoms with Crippen LogP contribution in [0.15, 0.2) is 48.5 Å². The third kappa shape index (κ3) is 4.47. The van der Waals surface area contributed by atoms with E-state index in [1.807, 2.05) is 26.0 Å². The number of carbonyl (C=O) groups excluding carboxylic acids is 2. The van der Waals surface area contributed by atoms with E-state index in [2.05, 4.69) is 70.8 Å². The molecule has 1 saturated heterocycles. The average molecular weight is 610 g/mol. The Morgan fingerprint density at radius 1 is 0.865 bits per heavy atom. The molecule has 0 saturated carbocycles. The van der Waals surface area contributed by atoms with Gasteiger partial charge in [-0.2, -0.15) is 0 Å². The Hall–Kier alpha value is -3.07. The molecular weight excluding hydrogens is 579 g/mol. The third-order valence-electron chi connectivity index (χ3n) is 7.70. The summed E-state index contributed by atoms with van der Waals surface area (Å²) < 4.78 is 12.0. The van der Waals surface area contributed by atoms with Crippen LogP contribution in [0.2, 0.25) is 0 Å². The molecule has 0 aromatic heterocycles. The summed E-state index contributed by atoms with van der Waals surface area (Å²) in [6.07, 6.45) is -0.274. The van der Waals surface area contributed by atoms with Gasteiger partial charge in [-0.05, 0) is 82.3 Å². The lowest BCUT2D eigenvalue weighted by Gasteiger charge is -2.38. The number of methoxy groups -OCH3 is 1. The number of amides is 1. The number of fused-ring (bicyclic) bond motifs is 3. The smallest absolute Gasteiger partial charge is 0.409 e. The maximum atomic E-state index is 13.1. The number of anilines is 1. The number of halogens is 1. The van der Waals surface area contributed by atoms with E-state index in [1.54, 1.807) is 4.90 Å². The molecule has 192 valence electrons. The Bertz CT molecular complexity index is 1330. The molecule has 0 spiro atoms. The van der Waals surface area contributed by atoms with E-state index in [1.165, 1.54) is 29.4 Å². The van der Waals surface area contributed by atoms with Crippen LogP contribution >= 0.6 is 22.6 Å². The molecule has 0 bridgehead atoms. The second-order valence-electron chi connectivity index (χ2n) is 9.68. The lowest BCUT2D eigenvalue weighted by Crippen LogP contribution is -2.49. The first-order valence-corrected chi connectivity index (χ1v) is 13.6. The molecule has 3 aromatic rings. The number of nitrogens with zero attached hydrogens (tertiary/aromatic N) is 2. The van der Waals surface area contributed by atoms with Crippen LogP contribution in [0.5, 0.6) is 0 Å². The highest BCUT2D eigenvalue weighted by Gasteiger charge is 2.31. The minimum absolute atomic E-state index is 0.0503. The number of hydrogen-bond donors (Lipinski definition) is 0. The molecule has 0 radical (unpaired) electrons. The molecular formula is C30H31IN2O4. The number of ether oxygens (including phenoxy) is 2. The fourth-order valence-electron chi connectivity index (χ4n) is 5.86. The molecule has 7 heteroatoms. The lowest BCUT2D eigenvalue weighted by atomic mass is 9.96. The minimum atomic E-state index is -0.313. The minimum Gasteiger partial charge on any atom is -0.465 e. The quantitative estimate of drug-likeness (QED) is 0.265. The fraction of sp³-hybridized carbons (Fsp3) is 0.333. The van der Waals surface area contributed by atoms with Crippen LogP contribution in [-0.4, -0.2) is 56.9 Å². The van der Waals surface area contributed by atoms with Crippen molar-refractivity contribution >= 4 is 40.3 Å². The second-order valence-corrected chi connectivity index (χ2v) is 10.8. The highest BCUT2D eigenvalue weighted by Crippen LogP contribution is 2.44. The molecule has 1 aliphatic heterocycles.